The molecule has 1 aromatic carbocycles. The molecule has 0 atom stereocenters. The summed E-state index contributed by atoms with van der Waals surface area (Å²) in [5.41, 5.74) is 1.07. The number of nitrogens with zero attached hydrogens (tertiary/aromatic N) is 2. The molecular formula is C17H18N4O3S. The van der Waals surface area contributed by atoms with Gasteiger partial charge in [0.25, 0.3) is 5.91 Å². The second kappa shape index (κ2) is 8.00. The molecule has 2 aromatic rings. The predicted octanol–water partition coefficient (Wildman–Crippen LogP) is 2.81. The van der Waals surface area contributed by atoms with Crippen molar-refractivity contribution in [3.63, 3.8) is 0 Å². The standard InChI is InChI=1S/C17H18N4O3S/c1-2-14(22)18-13-5-3-12(4-6-13)16(23)20-17-19-15(21-25-17)11-7-9-24-10-8-11/h2-6,11H,1,7-10H2,(H,18,22)(H,19,20,21,23). The second-order valence-corrected chi connectivity index (χ2v) is 6.32. The maximum atomic E-state index is 12.3. The summed E-state index contributed by atoms with van der Waals surface area (Å²) in [4.78, 5) is 28.0. The molecule has 1 aliphatic rings. The topological polar surface area (TPSA) is 93.2 Å². The number of ether oxygens (including phenoxy) is 1. The van der Waals surface area contributed by atoms with E-state index in [1.807, 2.05) is 0 Å². The van der Waals surface area contributed by atoms with E-state index in [4.69, 9.17) is 4.74 Å². The monoisotopic (exact) mass is 358 g/mol. The zero-order chi connectivity index (χ0) is 17.6. The molecule has 0 unspecified atom stereocenters. The van der Waals surface area contributed by atoms with E-state index in [0.29, 0.717) is 22.3 Å². The van der Waals surface area contributed by atoms with Gasteiger partial charge in [0.2, 0.25) is 11.0 Å². The number of hydrogen-bond donors (Lipinski definition) is 2. The number of anilines is 2. The molecule has 1 saturated heterocycles. The summed E-state index contributed by atoms with van der Waals surface area (Å²) in [6.45, 7) is 4.84. The summed E-state index contributed by atoms with van der Waals surface area (Å²) in [5.74, 6) is 0.498. The molecular weight excluding hydrogens is 340 g/mol. The van der Waals surface area contributed by atoms with Gasteiger partial charge in [-0.05, 0) is 43.2 Å². The molecule has 8 heteroatoms. The van der Waals surface area contributed by atoms with Crippen molar-refractivity contribution >= 4 is 34.2 Å². The normalized spacial score (nSPS) is 14.7. The first-order valence-corrected chi connectivity index (χ1v) is 8.69. The minimum absolute atomic E-state index is 0.267. The lowest BCUT2D eigenvalue weighted by Gasteiger charge is -2.18. The van der Waals surface area contributed by atoms with Gasteiger partial charge in [-0.1, -0.05) is 6.58 Å². The first-order chi connectivity index (χ1) is 12.2. The summed E-state index contributed by atoms with van der Waals surface area (Å²) in [5, 5.41) is 5.87. The fourth-order valence-electron chi connectivity index (χ4n) is 2.47. The van der Waals surface area contributed by atoms with Crippen molar-refractivity contribution in [1.82, 2.24) is 9.36 Å². The van der Waals surface area contributed by atoms with Crippen molar-refractivity contribution in [3.8, 4) is 0 Å². The Labute approximate surface area is 149 Å². The fraction of sp³-hybridized carbons (Fsp3) is 0.294. The van der Waals surface area contributed by atoms with E-state index in [-0.39, 0.29) is 11.8 Å². The number of carbonyl (C=O) groups is 2. The first kappa shape index (κ1) is 17.2. The van der Waals surface area contributed by atoms with E-state index in [9.17, 15) is 9.59 Å². The van der Waals surface area contributed by atoms with Crippen LogP contribution in [0.1, 0.15) is 34.9 Å². The van der Waals surface area contributed by atoms with Crippen LogP contribution in [0.15, 0.2) is 36.9 Å². The van der Waals surface area contributed by atoms with E-state index in [1.165, 1.54) is 17.6 Å². The van der Waals surface area contributed by atoms with Crippen LogP contribution in [0.2, 0.25) is 0 Å². The predicted molar refractivity (Wildman–Crippen MR) is 95.9 cm³/mol. The van der Waals surface area contributed by atoms with E-state index in [1.54, 1.807) is 24.3 Å². The molecule has 25 heavy (non-hydrogen) atoms. The zero-order valence-corrected chi connectivity index (χ0v) is 14.3. The minimum Gasteiger partial charge on any atom is -0.381 e. The molecule has 0 aliphatic carbocycles. The van der Waals surface area contributed by atoms with Crippen LogP contribution in [-0.4, -0.2) is 34.4 Å². The molecule has 7 nitrogen and oxygen atoms in total. The summed E-state index contributed by atoms with van der Waals surface area (Å²) in [6, 6.07) is 6.58. The van der Waals surface area contributed by atoms with Crippen molar-refractivity contribution in [2.24, 2.45) is 0 Å². The maximum Gasteiger partial charge on any atom is 0.257 e. The first-order valence-electron chi connectivity index (χ1n) is 7.92. The summed E-state index contributed by atoms with van der Waals surface area (Å²) in [7, 11) is 0. The van der Waals surface area contributed by atoms with Crippen LogP contribution >= 0.6 is 11.5 Å². The molecule has 2 heterocycles. The van der Waals surface area contributed by atoms with Gasteiger partial charge in [-0.25, -0.2) is 4.98 Å². The average Bonchev–Trinajstić information content (AvgIpc) is 3.11. The molecule has 0 saturated carbocycles. The highest BCUT2D eigenvalue weighted by molar-refractivity contribution is 7.09. The largest absolute Gasteiger partial charge is 0.381 e. The van der Waals surface area contributed by atoms with Gasteiger partial charge in [0.1, 0.15) is 5.82 Å². The van der Waals surface area contributed by atoms with Gasteiger partial charge in [0.05, 0.1) is 0 Å². The second-order valence-electron chi connectivity index (χ2n) is 5.57. The minimum atomic E-state index is -0.299. The van der Waals surface area contributed by atoms with Crippen LogP contribution in [0.3, 0.4) is 0 Å². The highest BCUT2D eigenvalue weighted by atomic mass is 32.1. The van der Waals surface area contributed by atoms with Crippen molar-refractivity contribution in [1.29, 1.82) is 0 Å². The van der Waals surface area contributed by atoms with Crippen LogP contribution in [0.5, 0.6) is 0 Å². The molecule has 1 aromatic heterocycles. The third-order valence-electron chi connectivity index (χ3n) is 3.85. The van der Waals surface area contributed by atoms with Gasteiger partial charge in [-0.3, -0.25) is 14.9 Å². The molecule has 0 radical (unpaired) electrons. The van der Waals surface area contributed by atoms with Crippen LogP contribution < -0.4 is 10.6 Å². The van der Waals surface area contributed by atoms with Gasteiger partial charge in [-0.2, -0.15) is 4.37 Å². The lowest BCUT2D eigenvalue weighted by molar-refractivity contribution is -0.111. The Kier molecular flexibility index (Phi) is 5.52. The van der Waals surface area contributed by atoms with Crippen LogP contribution in [0.4, 0.5) is 10.8 Å². The van der Waals surface area contributed by atoms with Gasteiger partial charge in [0.15, 0.2) is 0 Å². The quantitative estimate of drug-likeness (QED) is 0.802. The Bertz CT molecular complexity index is 766. The van der Waals surface area contributed by atoms with Crippen LogP contribution in [0, 0.1) is 0 Å². The third-order valence-corrected chi connectivity index (χ3v) is 4.49. The number of rotatable bonds is 5. The van der Waals surface area contributed by atoms with Crippen LogP contribution in [0.25, 0.3) is 0 Å². The van der Waals surface area contributed by atoms with Gasteiger partial charge < -0.3 is 10.1 Å². The fourth-order valence-corrected chi connectivity index (χ4v) is 3.12. The zero-order valence-electron chi connectivity index (χ0n) is 13.5. The Hall–Kier alpha value is -2.58. The van der Waals surface area contributed by atoms with Gasteiger partial charge in [0, 0.05) is 41.9 Å². The van der Waals surface area contributed by atoms with E-state index < -0.39 is 0 Å². The summed E-state index contributed by atoms with van der Waals surface area (Å²) < 4.78 is 9.68. The maximum absolute atomic E-state index is 12.3. The molecule has 0 bridgehead atoms. The Balaban J connectivity index is 1.61. The van der Waals surface area contributed by atoms with Crippen LogP contribution in [-0.2, 0) is 9.53 Å². The number of benzene rings is 1. The number of nitrogens with one attached hydrogen (secondary N) is 2. The van der Waals surface area contributed by atoms with E-state index in [0.717, 1.165) is 31.9 Å². The van der Waals surface area contributed by atoms with E-state index >= 15 is 0 Å². The SMILES string of the molecule is C=CC(=O)Nc1ccc(C(=O)Nc2nc(C3CCOCC3)ns2)cc1. The van der Waals surface area contributed by atoms with Gasteiger partial charge >= 0.3 is 0 Å². The molecule has 2 N–H and O–H groups in total. The highest BCUT2D eigenvalue weighted by Gasteiger charge is 2.21. The smallest absolute Gasteiger partial charge is 0.257 e. The Morgan fingerprint density at radius 1 is 1.20 bits per heavy atom. The summed E-state index contributed by atoms with van der Waals surface area (Å²) >= 11 is 1.18. The molecule has 1 fully saturated rings. The molecule has 0 spiro atoms. The molecule has 3 rings (SSSR count). The lowest BCUT2D eigenvalue weighted by Crippen LogP contribution is -2.15. The Morgan fingerprint density at radius 3 is 2.60 bits per heavy atom. The number of hydrogen-bond acceptors (Lipinski definition) is 6. The van der Waals surface area contributed by atoms with E-state index in [2.05, 4.69) is 26.6 Å². The van der Waals surface area contributed by atoms with Gasteiger partial charge in [-0.15, -0.1) is 0 Å². The number of carbonyl (C=O) groups excluding carboxylic acids is 2. The van der Waals surface area contributed by atoms with Crippen molar-refractivity contribution < 1.29 is 14.3 Å². The Morgan fingerprint density at radius 2 is 1.92 bits per heavy atom. The number of aromatic nitrogens is 2. The lowest BCUT2D eigenvalue weighted by atomic mass is 10.00. The third kappa shape index (κ3) is 4.49. The highest BCUT2D eigenvalue weighted by Crippen LogP contribution is 2.27. The van der Waals surface area contributed by atoms with Crippen molar-refractivity contribution in [2.45, 2.75) is 18.8 Å². The summed E-state index contributed by atoms with van der Waals surface area (Å²) in [6.07, 6.45) is 3.00. The van der Waals surface area contributed by atoms with Crippen molar-refractivity contribution in [3.05, 3.63) is 48.3 Å². The molecule has 2 amide bonds. The average molecular weight is 358 g/mol. The van der Waals surface area contributed by atoms with Crippen molar-refractivity contribution in [2.75, 3.05) is 23.8 Å². The molecule has 130 valence electrons. The number of amides is 2. The molecule has 1 aliphatic heterocycles.